The van der Waals surface area contributed by atoms with Gasteiger partial charge in [0.25, 0.3) is 0 Å². The highest BCUT2D eigenvalue weighted by molar-refractivity contribution is 8.13. The summed E-state index contributed by atoms with van der Waals surface area (Å²) in [7, 11) is 0. The standard InChI is InChI=1S/C15H13NOS/c1-12(17)18-11-5-4-8-15-14-7-3-2-6-13(14)9-10-16-15/h2-3,6-7,9-10H,5,11H2,1H3. The Morgan fingerprint density at radius 2 is 2.17 bits per heavy atom. The van der Waals surface area contributed by atoms with Crippen LogP contribution < -0.4 is 0 Å². The van der Waals surface area contributed by atoms with Crippen LogP contribution in [-0.4, -0.2) is 15.9 Å². The lowest BCUT2D eigenvalue weighted by atomic mass is 10.1. The van der Waals surface area contributed by atoms with Gasteiger partial charge in [0.15, 0.2) is 5.12 Å². The van der Waals surface area contributed by atoms with Crippen molar-refractivity contribution in [3.63, 3.8) is 0 Å². The lowest BCUT2D eigenvalue weighted by molar-refractivity contribution is -0.109. The lowest BCUT2D eigenvalue weighted by Crippen LogP contribution is -1.86. The summed E-state index contributed by atoms with van der Waals surface area (Å²) < 4.78 is 0. The maximum atomic E-state index is 10.8. The Morgan fingerprint density at radius 3 is 3.00 bits per heavy atom. The van der Waals surface area contributed by atoms with Gasteiger partial charge >= 0.3 is 0 Å². The van der Waals surface area contributed by atoms with E-state index >= 15 is 0 Å². The maximum absolute atomic E-state index is 10.8. The lowest BCUT2D eigenvalue weighted by Gasteiger charge is -1.98. The summed E-state index contributed by atoms with van der Waals surface area (Å²) in [5, 5.41) is 2.36. The van der Waals surface area contributed by atoms with Crippen molar-refractivity contribution in [1.82, 2.24) is 4.98 Å². The molecule has 0 aliphatic rings. The molecule has 0 aliphatic carbocycles. The number of hydrogen-bond acceptors (Lipinski definition) is 3. The second-order valence-electron chi connectivity index (χ2n) is 3.77. The Morgan fingerprint density at radius 1 is 1.33 bits per heavy atom. The van der Waals surface area contributed by atoms with E-state index in [0.717, 1.165) is 22.2 Å². The van der Waals surface area contributed by atoms with Crippen molar-refractivity contribution in [2.75, 3.05) is 5.75 Å². The fourth-order valence-electron chi connectivity index (χ4n) is 1.61. The van der Waals surface area contributed by atoms with Crippen LogP contribution >= 0.6 is 11.8 Å². The number of nitrogens with zero attached hydrogens (tertiary/aromatic N) is 1. The molecule has 18 heavy (non-hydrogen) atoms. The smallest absolute Gasteiger partial charge is 0.185 e. The molecule has 0 radical (unpaired) electrons. The van der Waals surface area contributed by atoms with Crippen molar-refractivity contribution in [2.45, 2.75) is 13.3 Å². The van der Waals surface area contributed by atoms with Gasteiger partial charge in [0.2, 0.25) is 0 Å². The molecule has 0 bridgehead atoms. The van der Waals surface area contributed by atoms with Gasteiger partial charge in [-0.05, 0) is 17.4 Å². The number of hydrogen-bond donors (Lipinski definition) is 0. The average molecular weight is 255 g/mol. The van der Waals surface area contributed by atoms with Crippen LogP contribution in [0.1, 0.15) is 19.0 Å². The molecule has 90 valence electrons. The van der Waals surface area contributed by atoms with Crippen LogP contribution in [0.15, 0.2) is 36.5 Å². The first-order valence-electron chi connectivity index (χ1n) is 5.73. The van der Waals surface area contributed by atoms with E-state index in [1.54, 1.807) is 13.1 Å². The van der Waals surface area contributed by atoms with Crippen LogP contribution in [0.3, 0.4) is 0 Å². The largest absolute Gasteiger partial charge is 0.288 e. The average Bonchev–Trinajstić information content (AvgIpc) is 2.38. The van der Waals surface area contributed by atoms with Gasteiger partial charge in [-0.1, -0.05) is 41.9 Å². The Balaban J connectivity index is 2.12. The topological polar surface area (TPSA) is 30.0 Å². The molecule has 0 atom stereocenters. The Hall–Kier alpha value is -1.79. The summed E-state index contributed by atoms with van der Waals surface area (Å²) in [6.07, 6.45) is 2.48. The fourth-order valence-corrected chi connectivity index (χ4v) is 2.10. The van der Waals surface area contributed by atoms with E-state index in [0.29, 0.717) is 6.42 Å². The highest BCUT2D eigenvalue weighted by Crippen LogP contribution is 2.15. The van der Waals surface area contributed by atoms with Gasteiger partial charge in [0.1, 0.15) is 5.69 Å². The molecule has 3 heteroatoms. The van der Waals surface area contributed by atoms with Crippen molar-refractivity contribution < 1.29 is 4.79 Å². The van der Waals surface area contributed by atoms with E-state index in [-0.39, 0.29) is 5.12 Å². The molecule has 2 aromatic rings. The van der Waals surface area contributed by atoms with Gasteiger partial charge in [0.05, 0.1) is 0 Å². The third-order valence-corrected chi connectivity index (χ3v) is 3.23. The number of benzene rings is 1. The fraction of sp³-hybridized carbons (Fsp3) is 0.200. The van der Waals surface area contributed by atoms with E-state index in [2.05, 4.69) is 16.8 Å². The highest BCUT2D eigenvalue weighted by atomic mass is 32.2. The van der Waals surface area contributed by atoms with E-state index in [9.17, 15) is 4.79 Å². The first kappa shape index (κ1) is 12.7. The predicted octanol–water partition coefficient (Wildman–Crippen LogP) is 3.26. The molecule has 1 aromatic carbocycles. The Bertz CT molecular complexity index is 620. The monoisotopic (exact) mass is 255 g/mol. The minimum Gasteiger partial charge on any atom is -0.288 e. The third kappa shape index (κ3) is 3.35. The zero-order chi connectivity index (χ0) is 12.8. The van der Waals surface area contributed by atoms with Crippen LogP contribution in [0.25, 0.3) is 10.8 Å². The van der Waals surface area contributed by atoms with Crippen LogP contribution in [0.5, 0.6) is 0 Å². The highest BCUT2D eigenvalue weighted by Gasteiger charge is 1.97. The van der Waals surface area contributed by atoms with E-state index in [1.165, 1.54) is 11.8 Å². The predicted molar refractivity (Wildman–Crippen MR) is 76.4 cm³/mol. The van der Waals surface area contributed by atoms with Gasteiger partial charge in [-0.15, -0.1) is 0 Å². The summed E-state index contributed by atoms with van der Waals surface area (Å²) in [6.45, 7) is 1.57. The van der Waals surface area contributed by atoms with Crippen LogP contribution in [-0.2, 0) is 4.79 Å². The SMILES string of the molecule is CC(=O)SCCC#Cc1nccc2ccccc12. The van der Waals surface area contributed by atoms with E-state index in [4.69, 9.17) is 0 Å². The van der Waals surface area contributed by atoms with E-state index in [1.807, 2.05) is 30.3 Å². The number of aromatic nitrogens is 1. The number of carbonyl (C=O) groups excluding carboxylic acids is 1. The van der Waals surface area contributed by atoms with Gasteiger partial charge < -0.3 is 0 Å². The molecule has 0 fully saturated rings. The van der Waals surface area contributed by atoms with Gasteiger partial charge in [-0.2, -0.15) is 0 Å². The molecule has 1 heterocycles. The van der Waals surface area contributed by atoms with Crippen molar-refractivity contribution >= 4 is 27.6 Å². The minimum absolute atomic E-state index is 0.139. The molecule has 0 amide bonds. The molecular weight excluding hydrogens is 242 g/mol. The summed E-state index contributed by atoms with van der Waals surface area (Å²) >= 11 is 1.31. The number of rotatable bonds is 2. The summed E-state index contributed by atoms with van der Waals surface area (Å²) in [5.41, 5.74) is 0.806. The Kier molecular flexibility index (Phi) is 4.38. The number of pyridine rings is 1. The van der Waals surface area contributed by atoms with Crippen LogP contribution in [0, 0.1) is 11.8 Å². The number of fused-ring (bicyclic) bond motifs is 1. The van der Waals surface area contributed by atoms with Crippen LogP contribution in [0.2, 0.25) is 0 Å². The molecule has 0 aliphatic heterocycles. The summed E-state index contributed by atoms with van der Waals surface area (Å²) in [4.78, 5) is 15.0. The Labute approximate surface area is 111 Å². The molecular formula is C15H13NOS. The van der Waals surface area contributed by atoms with Crippen molar-refractivity contribution in [3.05, 3.63) is 42.2 Å². The minimum atomic E-state index is 0.139. The molecule has 0 unspecified atom stereocenters. The van der Waals surface area contributed by atoms with Crippen molar-refractivity contribution in [1.29, 1.82) is 0 Å². The number of thioether (sulfide) groups is 1. The molecule has 0 saturated heterocycles. The summed E-state index contributed by atoms with van der Waals surface area (Å²) in [5.74, 6) is 6.88. The van der Waals surface area contributed by atoms with Gasteiger partial charge in [-0.25, -0.2) is 4.98 Å². The molecule has 1 aromatic heterocycles. The quantitative estimate of drug-likeness (QED) is 0.609. The molecule has 2 nitrogen and oxygen atoms in total. The normalized spacial score (nSPS) is 9.83. The first-order valence-corrected chi connectivity index (χ1v) is 6.72. The summed E-state index contributed by atoms with van der Waals surface area (Å²) in [6, 6.07) is 10.0. The van der Waals surface area contributed by atoms with Gasteiger partial charge in [0, 0.05) is 30.7 Å². The zero-order valence-corrected chi connectivity index (χ0v) is 11.0. The van der Waals surface area contributed by atoms with E-state index < -0.39 is 0 Å². The van der Waals surface area contributed by atoms with Crippen molar-refractivity contribution in [3.8, 4) is 11.8 Å². The second kappa shape index (κ2) is 6.23. The van der Waals surface area contributed by atoms with Crippen LogP contribution in [0.4, 0.5) is 0 Å². The molecule has 0 N–H and O–H groups in total. The first-order chi connectivity index (χ1) is 8.77. The van der Waals surface area contributed by atoms with Gasteiger partial charge in [-0.3, -0.25) is 4.79 Å². The number of carbonyl (C=O) groups is 1. The molecule has 0 spiro atoms. The maximum Gasteiger partial charge on any atom is 0.185 e. The molecule has 0 saturated carbocycles. The zero-order valence-electron chi connectivity index (χ0n) is 10.1. The van der Waals surface area contributed by atoms with Crippen molar-refractivity contribution in [2.24, 2.45) is 0 Å². The second-order valence-corrected chi connectivity index (χ2v) is 5.04. The third-order valence-electron chi connectivity index (χ3n) is 2.41. The molecule has 2 rings (SSSR count).